The Balaban J connectivity index is 2.24. The van der Waals surface area contributed by atoms with Crippen molar-refractivity contribution in [3.8, 4) is 5.75 Å². The summed E-state index contributed by atoms with van der Waals surface area (Å²) >= 11 is 0. The smallest absolute Gasteiger partial charge is 0.341 e. The van der Waals surface area contributed by atoms with Crippen LogP contribution in [-0.2, 0) is 19.6 Å². The number of esters is 1. The molecule has 1 aliphatic rings. The van der Waals surface area contributed by atoms with Crippen LogP contribution in [0.4, 0.5) is 0 Å². The number of carbonyl (C=O) groups is 2. The molecule has 0 spiro atoms. The standard InChI is InChI=1S/C17H25N3O6S/c1-25-15-10-13(5-6-14(15)17(22)26-2)27(23,24)20-9-3-4-12(11-20)16(21)19-8-7-18/h5-6,10,12H,3-4,7-9,11,18H2,1-2H3,(H,19,21). The predicted molar refractivity (Wildman–Crippen MR) is 97.9 cm³/mol. The van der Waals surface area contributed by atoms with Crippen LogP contribution < -0.4 is 15.8 Å². The lowest BCUT2D eigenvalue weighted by Crippen LogP contribution is -2.46. The molecule has 2 rings (SSSR count). The fourth-order valence-corrected chi connectivity index (χ4v) is 4.51. The Kier molecular flexibility index (Phi) is 7.17. The number of nitrogens with two attached hydrogens (primary N) is 1. The van der Waals surface area contributed by atoms with Gasteiger partial charge in [-0.15, -0.1) is 0 Å². The van der Waals surface area contributed by atoms with Crippen molar-refractivity contribution in [3.63, 3.8) is 0 Å². The van der Waals surface area contributed by atoms with Crippen LogP contribution in [0.25, 0.3) is 0 Å². The number of rotatable bonds is 7. The lowest BCUT2D eigenvalue weighted by atomic mass is 9.99. The topological polar surface area (TPSA) is 128 Å². The summed E-state index contributed by atoms with van der Waals surface area (Å²) in [4.78, 5) is 23.9. The van der Waals surface area contributed by atoms with E-state index in [2.05, 4.69) is 10.1 Å². The molecular weight excluding hydrogens is 374 g/mol. The Morgan fingerprint density at radius 3 is 2.70 bits per heavy atom. The van der Waals surface area contributed by atoms with E-state index in [9.17, 15) is 18.0 Å². The Morgan fingerprint density at radius 2 is 2.07 bits per heavy atom. The average molecular weight is 399 g/mol. The maximum atomic E-state index is 13.0. The van der Waals surface area contributed by atoms with Gasteiger partial charge in [0.15, 0.2) is 0 Å². The van der Waals surface area contributed by atoms with Gasteiger partial charge in [-0.05, 0) is 25.0 Å². The molecule has 0 radical (unpaired) electrons. The van der Waals surface area contributed by atoms with Crippen LogP contribution in [0.2, 0.25) is 0 Å². The quantitative estimate of drug-likeness (QED) is 0.616. The number of benzene rings is 1. The summed E-state index contributed by atoms with van der Waals surface area (Å²) in [6, 6.07) is 3.98. The molecule has 1 saturated heterocycles. The second-order valence-corrected chi connectivity index (χ2v) is 8.07. The number of piperidine rings is 1. The molecule has 1 aromatic rings. The molecule has 1 aromatic carbocycles. The molecule has 1 amide bonds. The first kappa shape index (κ1) is 21.1. The van der Waals surface area contributed by atoms with E-state index in [1.807, 2.05) is 0 Å². The summed E-state index contributed by atoms with van der Waals surface area (Å²) in [5.41, 5.74) is 5.52. The number of sulfonamides is 1. The first-order valence-corrected chi connectivity index (χ1v) is 10.0. The summed E-state index contributed by atoms with van der Waals surface area (Å²) in [6.07, 6.45) is 1.20. The molecule has 10 heteroatoms. The molecule has 0 bridgehead atoms. The fourth-order valence-electron chi connectivity index (χ4n) is 2.97. The van der Waals surface area contributed by atoms with E-state index in [-0.39, 0.29) is 28.7 Å². The van der Waals surface area contributed by atoms with E-state index in [1.54, 1.807) is 0 Å². The van der Waals surface area contributed by atoms with Gasteiger partial charge in [0.2, 0.25) is 15.9 Å². The van der Waals surface area contributed by atoms with Gasteiger partial charge in [0, 0.05) is 32.2 Å². The molecule has 3 N–H and O–H groups in total. The van der Waals surface area contributed by atoms with Gasteiger partial charge in [0.05, 0.1) is 25.0 Å². The Hall–Kier alpha value is -2.17. The minimum atomic E-state index is -3.83. The summed E-state index contributed by atoms with van der Waals surface area (Å²) < 4.78 is 37.1. The molecular formula is C17H25N3O6S. The first-order valence-electron chi connectivity index (χ1n) is 8.59. The van der Waals surface area contributed by atoms with Crippen LogP contribution >= 0.6 is 0 Å². The Morgan fingerprint density at radius 1 is 1.33 bits per heavy atom. The monoisotopic (exact) mass is 399 g/mol. The molecule has 1 unspecified atom stereocenters. The van der Waals surface area contributed by atoms with Gasteiger partial charge in [0.25, 0.3) is 0 Å². The van der Waals surface area contributed by atoms with Gasteiger partial charge < -0.3 is 20.5 Å². The van der Waals surface area contributed by atoms with Gasteiger partial charge in [0.1, 0.15) is 11.3 Å². The third-order valence-electron chi connectivity index (χ3n) is 4.41. The minimum Gasteiger partial charge on any atom is -0.496 e. The van der Waals surface area contributed by atoms with Crippen LogP contribution in [0.3, 0.4) is 0 Å². The number of carbonyl (C=O) groups excluding carboxylic acids is 2. The average Bonchev–Trinajstić information content (AvgIpc) is 2.70. The highest BCUT2D eigenvalue weighted by Crippen LogP contribution is 2.28. The van der Waals surface area contributed by atoms with Crippen LogP contribution in [0.5, 0.6) is 5.75 Å². The molecule has 150 valence electrons. The highest BCUT2D eigenvalue weighted by Gasteiger charge is 2.33. The Labute approximate surface area is 158 Å². The number of hydrogen-bond donors (Lipinski definition) is 2. The second kappa shape index (κ2) is 9.16. The normalized spacial score (nSPS) is 18.0. The molecule has 1 aliphatic heterocycles. The number of nitrogens with one attached hydrogen (secondary N) is 1. The van der Waals surface area contributed by atoms with E-state index < -0.39 is 21.9 Å². The number of nitrogens with zero attached hydrogens (tertiary/aromatic N) is 1. The van der Waals surface area contributed by atoms with Crippen molar-refractivity contribution >= 4 is 21.9 Å². The van der Waals surface area contributed by atoms with Crippen molar-refractivity contribution < 1.29 is 27.5 Å². The Bertz CT molecular complexity index is 796. The van der Waals surface area contributed by atoms with Crippen LogP contribution in [-0.4, -0.2) is 65.0 Å². The number of methoxy groups -OCH3 is 2. The van der Waals surface area contributed by atoms with Gasteiger partial charge in [-0.25, -0.2) is 13.2 Å². The maximum absolute atomic E-state index is 13.0. The van der Waals surface area contributed by atoms with Crippen molar-refractivity contribution in [1.29, 1.82) is 0 Å². The molecule has 0 saturated carbocycles. The zero-order valence-electron chi connectivity index (χ0n) is 15.4. The van der Waals surface area contributed by atoms with E-state index >= 15 is 0 Å². The van der Waals surface area contributed by atoms with Crippen molar-refractivity contribution in [2.45, 2.75) is 17.7 Å². The van der Waals surface area contributed by atoms with E-state index in [0.29, 0.717) is 32.5 Å². The predicted octanol–water partition coefficient (Wildman–Crippen LogP) is -0.0426. The lowest BCUT2D eigenvalue weighted by molar-refractivity contribution is -0.126. The molecule has 27 heavy (non-hydrogen) atoms. The van der Waals surface area contributed by atoms with Gasteiger partial charge in [-0.1, -0.05) is 0 Å². The van der Waals surface area contributed by atoms with Crippen LogP contribution in [0.15, 0.2) is 23.1 Å². The van der Waals surface area contributed by atoms with Gasteiger partial charge in [-0.2, -0.15) is 4.31 Å². The third kappa shape index (κ3) is 4.76. The number of amides is 1. The van der Waals surface area contributed by atoms with Crippen molar-refractivity contribution in [2.24, 2.45) is 11.7 Å². The summed E-state index contributed by atoms with van der Waals surface area (Å²) in [6.45, 7) is 1.10. The second-order valence-electron chi connectivity index (χ2n) is 6.14. The number of hydrogen-bond acceptors (Lipinski definition) is 7. The van der Waals surface area contributed by atoms with Crippen LogP contribution in [0, 0.1) is 5.92 Å². The van der Waals surface area contributed by atoms with Crippen LogP contribution in [0.1, 0.15) is 23.2 Å². The fraction of sp³-hybridized carbons (Fsp3) is 0.529. The summed E-state index contributed by atoms with van der Waals surface area (Å²) in [7, 11) is -1.26. The molecule has 0 aliphatic carbocycles. The van der Waals surface area contributed by atoms with Crippen molar-refractivity contribution in [2.75, 3.05) is 40.4 Å². The van der Waals surface area contributed by atoms with E-state index in [1.165, 1.54) is 36.7 Å². The summed E-state index contributed by atoms with van der Waals surface area (Å²) in [5.74, 6) is -1.13. The molecule has 1 heterocycles. The van der Waals surface area contributed by atoms with Gasteiger partial charge >= 0.3 is 5.97 Å². The third-order valence-corrected chi connectivity index (χ3v) is 6.28. The molecule has 1 fully saturated rings. The maximum Gasteiger partial charge on any atom is 0.341 e. The first-order chi connectivity index (χ1) is 12.8. The lowest BCUT2D eigenvalue weighted by Gasteiger charge is -2.31. The molecule has 9 nitrogen and oxygen atoms in total. The van der Waals surface area contributed by atoms with Gasteiger partial charge in [-0.3, -0.25) is 4.79 Å². The van der Waals surface area contributed by atoms with Crippen molar-refractivity contribution in [1.82, 2.24) is 9.62 Å². The number of ether oxygens (including phenoxy) is 2. The minimum absolute atomic E-state index is 0.00461. The molecule has 1 atom stereocenters. The van der Waals surface area contributed by atoms with E-state index in [0.717, 1.165) is 0 Å². The SMILES string of the molecule is COC(=O)c1ccc(S(=O)(=O)N2CCCC(C(=O)NCCN)C2)cc1OC. The molecule has 0 aromatic heterocycles. The highest BCUT2D eigenvalue weighted by molar-refractivity contribution is 7.89. The summed E-state index contributed by atoms with van der Waals surface area (Å²) in [5, 5.41) is 2.70. The largest absolute Gasteiger partial charge is 0.496 e. The zero-order valence-corrected chi connectivity index (χ0v) is 16.3. The highest BCUT2D eigenvalue weighted by atomic mass is 32.2. The van der Waals surface area contributed by atoms with Crippen molar-refractivity contribution in [3.05, 3.63) is 23.8 Å². The van der Waals surface area contributed by atoms with E-state index in [4.69, 9.17) is 10.5 Å². The zero-order chi connectivity index (χ0) is 20.0.